The molecule has 7 nitrogen and oxygen atoms in total. The number of hydrogen-bond donors (Lipinski definition) is 1. The number of carbonyl (C=O) groups excluding carboxylic acids is 2. The summed E-state index contributed by atoms with van der Waals surface area (Å²) in [5.74, 6) is 1.27. The van der Waals surface area contributed by atoms with Crippen LogP contribution in [-0.4, -0.2) is 39.6 Å². The van der Waals surface area contributed by atoms with Crippen molar-refractivity contribution in [3.8, 4) is 17.1 Å². The maximum Gasteiger partial charge on any atom is 0.257 e. The Balaban J connectivity index is 1.64. The summed E-state index contributed by atoms with van der Waals surface area (Å²) in [5, 5.41) is 4.67. The summed E-state index contributed by atoms with van der Waals surface area (Å²) in [6, 6.07) is 13.4. The number of hydrogen-bond acceptors (Lipinski definition) is 4. The molecule has 0 aliphatic carbocycles. The van der Waals surface area contributed by atoms with Gasteiger partial charge in [0.05, 0.1) is 11.3 Å². The number of carbonyl (C=O) groups is 2. The van der Waals surface area contributed by atoms with Crippen LogP contribution in [0.3, 0.4) is 0 Å². The number of amides is 2. The van der Waals surface area contributed by atoms with E-state index in [1.165, 1.54) is 0 Å². The number of para-hydroxylation sites is 1. The van der Waals surface area contributed by atoms with E-state index < -0.39 is 0 Å². The number of nitrogens with zero attached hydrogens (tertiary/aromatic N) is 3. The molecule has 2 aromatic heterocycles. The zero-order valence-corrected chi connectivity index (χ0v) is 17.1. The second-order valence-corrected chi connectivity index (χ2v) is 7.85. The number of aromatic nitrogens is 2. The number of primary amides is 1. The van der Waals surface area contributed by atoms with Crippen molar-refractivity contribution in [2.45, 2.75) is 32.6 Å². The fraction of sp³-hybridized carbons (Fsp3) is 0.348. The Morgan fingerprint density at radius 3 is 2.70 bits per heavy atom. The van der Waals surface area contributed by atoms with Crippen molar-refractivity contribution in [3.05, 3.63) is 60.0 Å². The van der Waals surface area contributed by atoms with E-state index in [1.807, 2.05) is 54.3 Å². The first-order chi connectivity index (χ1) is 14.5. The summed E-state index contributed by atoms with van der Waals surface area (Å²) >= 11 is 0. The third kappa shape index (κ3) is 4.30. The minimum Gasteiger partial charge on any atom is -0.460 e. The minimum atomic E-state index is -0.293. The third-order valence-electron chi connectivity index (χ3n) is 5.54. The zero-order chi connectivity index (χ0) is 21.1. The Hall–Kier alpha value is -3.35. The maximum absolute atomic E-state index is 13.5. The molecule has 1 aliphatic heterocycles. The van der Waals surface area contributed by atoms with E-state index in [0.29, 0.717) is 42.9 Å². The molecule has 1 aromatic carbocycles. The molecule has 1 aliphatic rings. The van der Waals surface area contributed by atoms with Crippen LogP contribution in [-0.2, 0) is 4.79 Å². The predicted octanol–water partition coefficient (Wildman–Crippen LogP) is 3.56. The quantitative estimate of drug-likeness (QED) is 0.677. The Kier molecular flexibility index (Phi) is 5.70. The first kappa shape index (κ1) is 19.9. The number of rotatable bonds is 6. The first-order valence-corrected chi connectivity index (χ1v) is 10.3. The fourth-order valence-corrected chi connectivity index (χ4v) is 3.99. The van der Waals surface area contributed by atoms with Crippen LogP contribution < -0.4 is 5.73 Å². The predicted molar refractivity (Wildman–Crippen MR) is 113 cm³/mol. The van der Waals surface area contributed by atoms with Crippen molar-refractivity contribution >= 4 is 11.8 Å². The second-order valence-electron chi connectivity index (χ2n) is 7.85. The molecule has 30 heavy (non-hydrogen) atoms. The fourth-order valence-electron chi connectivity index (χ4n) is 3.99. The zero-order valence-electron chi connectivity index (χ0n) is 17.1. The molecule has 156 valence electrons. The van der Waals surface area contributed by atoms with Crippen LogP contribution in [0.25, 0.3) is 17.1 Å². The highest BCUT2D eigenvalue weighted by atomic mass is 16.3. The van der Waals surface area contributed by atoms with Crippen molar-refractivity contribution in [2.24, 2.45) is 11.7 Å². The average molecular weight is 406 g/mol. The van der Waals surface area contributed by atoms with E-state index in [4.69, 9.17) is 10.2 Å². The van der Waals surface area contributed by atoms with E-state index >= 15 is 0 Å². The Morgan fingerprint density at radius 1 is 1.20 bits per heavy atom. The van der Waals surface area contributed by atoms with Gasteiger partial charge >= 0.3 is 0 Å². The number of furan rings is 1. The van der Waals surface area contributed by atoms with Gasteiger partial charge < -0.3 is 15.1 Å². The molecule has 3 heterocycles. The molecule has 2 amide bonds. The number of likely N-dealkylation sites (tertiary alicyclic amines) is 1. The van der Waals surface area contributed by atoms with Gasteiger partial charge in [-0.05, 0) is 56.4 Å². The highest BCUT2D eigenvalue weighted by Crippen LogP contribution is 2.29. The van der Waals surface area contributed by atoms with Gasteiger partial charge in [-0.2, -0.15) is 5.10 Å². The molecular weight excluding hydrogens is 380 g/mol. The summed E-state index contributed by atoms with van der Waals surface area (Å²) in [7, 11) is 0. The molecule has 1 fully saturated rings. The lowest BCUT2D eigenvalue weighted by Crippen LogP contribution is -2.40. The molecule has 2 N–H and O–H groups in total. The van der Waals surface area contributed by atoms with Crippen molar-refractivity contribution in [1.29, 1.82) is 0 Å². The molecule has 4 rings (SSSR count). The van der Waals surface area contributed by atoms with Crippen LogP contribution in [0.2, 0.25) is 0 Å². The largest absolute Gasteiger partial charge is 0.460 e. The van der Waals surface area contributed by atoms with Gasteiger partial charge in [0.15, 0.2) is 5.76 Å². The van der Waals surface area contributed by atoms with Gasteiger partial charge in [0.25, 0.3) is 5.91 Å². The van der Waals surface area contributed by atoms with Gasteiger partial charge in [0.1, 0.15) is 11.5 Å². The molecule has 7 heteroatoms. The highest BCUT2D eigenvalue weighted by molar-refractivity contribution is 5.99. The number of benzene rings is 1. The smallest absolute Gasteiger partial charge is 0.257 e. The van der Waals surface area contributed by atoms with Gasteiger partial charge in [-0.15, -0.1) is 0 Å². The maximum atomic E-state index is 13.5. The van der Waals surface area contributed by atoms with Crippen LogP contribution >= 0.6 is 0 Å². The monoisotopic (exact) mass is 406 g/mol. The van der Waals surface area contributed by atoms with E-state index in [0.717, 1.165) is 24.3 Å². The summed E-state index contributed by atoms with van der Waals surface area (Å²) in [6.45, 7) is 3.19. The van der Waals surface area contributed by atoms with Crippen LogP contribution in [0.5, 0.6) is 0 Å². The molecular formula is C23H26N4O3. The van der Waals surface area contributed by atoms with Crippen LogP contribution in [0.15, 0.2) is 53.1 Å². The lowest BCUT2D eigenvalue weighted by molar-refractivity contribution is -0.118. The molecule has 0 radical (unpaired) electrons. The molecule has 1 unspecified atom stereocenters. The molecule has 0 spiro atoms. The van der Waals surface area contributed by atoms with Gasteiger partial charge in [-0.3, -0.25) is 9.59 Å². The second kappa shape index (κ2) is 8.57. The number of piperidine rings is 1. The molecule has 3 aromatic rings. The van der Waals surface area contributed by atoms with Crippen LogP contribution in [0.1, 0.15) is 41.8 Å². The van der Waals surface area contributed by atoms with E-state index in [-0.39, 0.29) is 17.7 Å². The van der Waals surface area contributed by atoms with Gasteiger partial charge in [-0.1, -0.05) is 18.2 Å². The van der Waals surface area contributed by atoms with E-state index in [1.54, 1.807) is 10.9 Å². The number of nitrogens with two attached hydrogens (primary N) is 1. The molecule has 1 atom stereocenters. The number of aryl methyl sites for hydroxylation is 1. The van der Waals surface area contributed by atoms with Gasteiger partial charge in [0.2, 0.25) is 5.91 Å². The molecule has 0 bridgehead atoms. The van der Waals surface area contributed by atoms with Crippen molar-refractivity contribution in [2.75, 3.05) is 13.1 Å². The molecule has 0 saturated carbocycles. The SMILES string of the molecule is Cc1ccc(-c2nn(-c3ccccc3)cc2C(=O)N2CCCC(CCC(N)=O)C2)o1. The average Bonchev–Trinajstić information content (AvgIpc) is 3.39. The standard InChI is InChI=1S/C23H26N4O3/c1-16-9-11-20(30-16)22-19(15-27(25-22)18-7-3-2-4-8-18)23(29)26-13-5-6-17(14-26)10-12-21(24)28/h2-4,7-9,11,15,17H,5-6,10,12-14H2,1H3,(H2,24,28). The minimum absolute atomic E-state index is 0.0648. The Morgan fingerprint density at radius 2 is 2.00 bits per heavy atom. The van der Waals surface area contributed by atoms with E-state index in [9.17, 15) is 9.59 Å². The third-order valence-corrected chi connectivity index (χ3v) is 5.54. The normalized spacial score (nSPS) is 16.6. The highest BCUT2D eigenvalue weighted by Gasteiger charge is 2.29. The van der Waals surface area contributed by atoms with Crippen molar-refractivity contribution in [1.82, 2.24) is 14.7 Å². The summed E-state index contributed by atoms with van der Waals surface area (Å²) in [4.78, 5) is 26.5. The van der Waals surface area contributed by atoms with E-state index in [2.05, 4.69) is 5.10 Å². The molecule has 1 saturated heterocycles. The topological polar surface area (TPSA) is 94.4 Å². The lowest BCUT2D eigenvalue weighted by atomic mass is 9.93. The van der Waals surface area contributed by atoms with Gasteiger partial charge in [-0.25, -0.2) is 4.68 Å². The van der Waals surface area contributed by atoms with Crippen molar-refractivity contribution < 1.29 is 14.0 Å². The Bertz CT molecular complexity index is 1040. The Labute approximate surface area is 175 Å². The lowest BCUT2D eigenvalue weighted by Gasteiger charge is -2.32. The van der Waals surface area contributed by atoms with Crippen LogP contribution in [0.4, 0.5) is 0 Å². The summed E-state index contributed by atoms with van der Waals surface area (Å²) < 4.78 is 7.50. The van der Waals surface area contributed by atoms with Crippen LogP contribution in [0, 0.1) is 12.8 Å². The first-order valence-electron chi connectivity index (χ1n) is 10.3. The van der Waals surface area contributed by atoms with Gasteiger partial charge in [0, 0.05) is 25.7 Å². The summed E-state index contributed by atoms with van der Waals surface area (Å²) in [5.41, 5.74) is 7.23. The van der Waals surface area contributed by atoms with Crippen molar-refractivity contribution in [3.63, 3.8) is 0 Å². The summed E-state index contributed by atoms with van der Waals surface area (Å²) in [6.07, 6.45) is 4.77.